The third-order valence-electron chi connectivity index (χ3n) is 6.90. The quantitative estimate of drug-likeness (QED) is 0.0279. The Kier molecular flexibility index (Phi) is 20.8. The Balaban J connectivity index is 5.85. The molecule has 280 valence electrons. The number of amides is 6. The van der Waals surface area contributed by atoms with Crippen LogP contribution in [0.2, 0.25) is 0 Å². The minimum atomic E-state index is -1.56. The van der Waals surface area contributed by atoms with Crippen LogP contribution in [0.3, 0.4) is 0 Å². The number of hydrogen-bond donors (Lipinski definition) is 11. The Labute approximate surface area is 286 Å². The number of aliphatic hydroxyl groups excluding tert-OH is 1. The molecule has 0 aromatic carbocycles. The van der Waals surface area contributed by atoms with Gasteiger partial charge in [0.15, 0.2) is 5.96 Å². The minimum Gasteiger partial charge on any atom is -0.480 e. The van der Waals surface area contributed by atoms with Crippen molar-refractivity contribution in [2.75, 3.05) is 26.2 Å². The van der Waals surface area contributed by atoms with Gasteiger partial charge in [-0.05, 0) is 43.4 Å². The van der Waals surface area contributed by atoms with Crippen molar-refractivity contribution in [3.05, 3.63) is 0 Å². The Morgan fingerprint density at radius 2 is 1.20 bits per heavy atom. The number of carboxylic acid groups (broad SMARTS) is 1. The summed E-state index contributed by atoms with van der Waals surface area (Å²) in [4.78, 5) is 92.0. The summed E-state index contributed by atoms with van der Waals surface area (Å²) in [5.74, 6) is -6.40. The lowest BCUT2D eigenvalue weighted by Crippen LogP contribution is -2.60. The van der Waals surface area contributed by atoms with E-state index in [0.29, 0.717) is 6.42 Å². The fourth-order valence-corrected chi connectivity index (χ4v) is 4.43. The number of guanidine groups is 1. The normalized spacial score (nSPS) is 14.1. The molecule has 0 saturated heterocycles. The van der Waals surface area contributed by atoms with Crippen LogP contribution in [0.15, 0.2) is 4.99 Å². The highest BCUT2D eigenvalue weighted by Gasteiger charge is 2.32. The zero-order chi connectivity index (χ0) is 37.8. The summed E-state index contributed by atoms with van der Waals surface area (Å²) in [6, 6.07) is -5.96. The summed E-state index contributed by atoms with van der Waals surface area (Å²) in [6.07, 6.45) is 0.766. The van der Waals surface area contributed by atoms with Crippen molar-refractivity contribution in [2.45, 2.75) is 97.4 Å². The molecule has 19 nitrogen and oxygen atoms in total. The molecule has 0 radical (unpaired) electrons. The summed E-state index contributed by atoms with van der Waals surface area (Å²) in [5.41, 5.74) is 16.6. The molecule has 0 fully saturated rings. The molecule has 6 amide bonds. The number of nitrogens with zero attached hydrogens (tertiary/aromatic N) is 1. The number of aliphatic imine (C=N–C) groups is 1. The van der Waals surface area contributed by atoms with Gasteiger partial charge >= 0.3 is 5.97 Å². The van der Waals surface area contributed by atoms with E-state index in [2.05, 4.69) is 36.9 Å². The lowest BCUT2D eigenvalue weighted by atomic mass is 10.0. The highest BCUT2D eigenvalue weighted by atomic mass is 16.4. The van der Waals surface area contributed by atoms with Crippen LogP contribution in [-0.4, -0.2) is 114 Å². The van der Waals surface area contributed by atoms with Crippen molar-refractivity contribution in [2.24, 2.45) is 39.9 Å². The van der Waals surface area contributed by atoms with Crippen LogP contribution in [0.25, 0.3) is 0 Å². The molecule has 0 aliphatic carbocycles. The van der Waals surface area contributed by atoms with Crippen LogP contribution in [0.4, 0.5) is 0 Å². The number of nitrogens with one attached hydrogen (secondary N) is 6. The van der Waals surface area contributed by atoms with E-state index in [9.17, 15) is 38.7 Å². The van der Waals surface area contributed by atoms with Gasteiger partial charge in [-0.3, -0.25) is 38.6 Å². The van der Waals surface area contributed by atoms with E-state index in [0.717, 1.165) is 0 Å². The van der Waals surface area contributed by atoms with E-state index in [1.807, 2.05) is 27.7 Å². The van der Waals surface area contributed by atoms with Crippen LogP contribution in [-0.2, 0) is 33.6 Å². The summed E-state index contributed by atoms with van der Waals surface area (Å²) in [5, 5.41) is 33.3. The Morgan fingerprint density at radius 1 is 0.673 bits per heavy atom. The van der Waals surface area contributed by atoms with Gasteiger partial charge in [0.1, 0.15) is 30.7 Å². The second-order valence-electron chi connectivity index (χ2n) is 12.8. The zero-order valence-electron chi connectivity index (χ0n) is 29.2. The topological polar surface area (TPSA) is 323 Å². The lowest BCUT2D eigenvalue weighted by molar-refractivity contribution is -0.139. The predicted molar refractivity (Wildman–Crippen MR) is 180 cm³/mol. The molecule has 14 N–H and O–H groups in total. The van der Waals surface area contributed by atoms with Crippen molar-refractivity contribution in [3.8, 4) is 0 Å². The van der Waals surface area contributed by atoms with Crippen molar-refractivity contribution < 1.29 is 43.8 Å². The number of hydrogen-bond acceptors (Lipinski definition) is 10. The van der Waals surface area contributed by atoms with Gasteiger partial charge in [0.05, 0.1) is 19.2 Å². The number of nitrogens with two attached hydrogens (primary N) is 3. The fraction of sp³-hybridized carbons (Fsp3) is 0.733. The first-order valence-corrected chi connectivity index (χ1v) is 16.2. The highest BCUT2D eigenvalue weighted by molar-refractivity contribution is 5.96. The third kappa shape index (κ3) is 19.2. The first-order valence-electron chi connectivity index (χ1n) is 16.2. The fourth-order valence-electron chi connectivity index (χ4n) is 4.43. The van der Waals surface area contributed by atoms with Crippen molar-refractivity contribution in [1.82, 2.24) is 31.9 Å². The molecule has 0 spiro atoms. The molecule has 0 aliphatic rings. The molecule has 0 aromatic rings. The summed E-state index contributed by atoms with van der Waals surface area (Å²) in [6.45, 7) is 8.72. The van der Waals surface area contributed by atoms with Crippen molar-refractivity contribution in [1.29, 1.82) is 0 Å². The van der Waals surface area contributed by atoms with Gasteiger partial charge in [-0.1, -0.05) is 41.5 Å². The maximum atomic E-state index is 13.4. The molecule has 0 unspecified atom stereocenters. The van der Waals surface area contributed by atoms with E-state index >= 15 is 0 Å². The summed E-state index contributed by atoms with van der Waals surface area (Å²) >= 11 is 0. The maximum absolute atomic E-state index is 13.4. The monoisotopic (exact) mass is 700 g/mol. The number of aliphatic hydroxyl groups is 1. The number of carbonyl (C=O) groups is 7. The molecule has 49 heavy (non-hydrogen) atoms. The molecule has 19 heteroatoms. The first kappa shape index (κ1) is 44.5. The Hall–Kier alpha value is -4.52. The van der Waals surface area contributed by atoms with Gasteiger partial charge in [0, 0.05) is 6.54 Å². The molecular weight excluding hydrogens is 644 g/mol. The molecule has 0 bridgehead atoms. The van der Waals surface area contributed by atoms with E-state index in [-0.39, 0.29) is 43.6 Å². The minimum absolute atomic E-state index is 0.0214. The van der Waals surface area contributed by atoms with E-state index in [1.54, 1.807) is 13.8 Å². The van der Waals surface area contributed by atoms with Crippen LogP contribution in [0.1, 0.15) is 67.2 Å². The largest absolute Gasteiger partial charge is 0.480 e. The molecule has 0 heterocycles. The lowest BCUT2D eigenvalue weighted by Gasteiger charge is -2.27. The highest BCUT2D eigenvalue weighted by Crippen LogP contribution is 2.08. The van der Waals surface area contributed by atoms with Gasteiger partial charge in [-0.15, -0.1) is 0 Å². The SMILES string of the molecule is CC(C)C[C@H](NC(=O)CNC(=O)[C@@H](N)CC(C)C)C(=O)N[C@@H](CCCN=C(N)N)C(=O)N[C@@H](CO)C(=O)N[C@H](C(=O)NCC(=O)O)C(C)C. The maximum Gasteiger partial charge on any atom is 0.322 e. The summed E-state index contributed by atoms with van der Waals surface area (Å²) in [7, 11) is 0. The van der Waals surface area contributed by atoms with Crippen LogP contribution >= 0.6 is 0 Å². The van der Waals surface area contributed by atoms with Gasteiger partial charge in [0.25, 0.3) is 0 Å². The van der Waals surface area contributed by atoms with Gasteiger partial charge in [-0.25, -0.2) is 0 Å². The molecule has 0 aromatic heterocycles. The Bertz CT molecular complexity index is 1160. The second-order valence-corrected chi connectivity index (χ2v) is 12.8. The van der Waals surface area contributed by atoms with E-state index < -0.39 is 97.2 Å². The smallest absolute Gasteiger partial charge is 0.322 e. The van der Waals surface area contributed by atoms with Crippen LogP contribution in [0.5, 0.6) is 0 Å². The molecule has 0 rings (SSSR count). The average Bonchev–Trinajstić information content (AvgIpc) is 2.99. The predicted octanol–water partition coefficient (Wildman–Crippen LogP) is -3.64. The molecule has 0 aliphatic heterocycles. The van der Waals surface area contributed by atoms with E-state index in [1.165, 1.54) is 0 Å². The standard InChI is InChI=1S/C30H56N10O9/c1-15(2)10-18(31)25(45)35-12-22(42)37-20(11-16(3)4)27(47)38-19(8-7-9-34-30(32)33)26(46)39-21(14-41)28(48)40-24(17(5)6)29(49)36-13-23(43)44/h15-21,24,41H,7-14,31H2,1-6H3,(H,35,45)(H,36,49)(H,37,42)(H,38,47)(H,39,46)(H,40,48)(H,43,44)(H4,32,33,34)/t18-,19-,20-,21-,24-/m0/s1. The average molecular weight is 701 g/mol. The van der Waals surface area contributed by atoms with Gasteiger partial charge in [0.2, 0.25) is 35.4 Å². The molecule has 5 atom stereocenters. The van der Waals surface area contributed by atoms with E-state index in [4.69, 9.17) is 22.3 Å². The molecule has 0 saturated carbocycles. The van der Waals surface area contributed by atoms with Crippen LogP contribution < -0.4 is 49.1 Å². The van der Waals surface area contributed by atoms with Crippen LogP contribution in [0, 0.1) is 17.8 Å². The van der Waals surface area contributed by atoms with Gasteiger partial charge in [-0.2, -0.15) is 0 Å². The van der Waals surface area contributed by atoms with Gasteiger partial charge < -0.3 is 59.3 Å². The number of rotatable bonds is 23. The van der Waals surface area contributed by atoms with Crippen molar-refractivity contribution >= 4 is 47.4 Å². The number of carbonyl (C=O) groups excluding carboxylic acids is 6. The zero-order valence-corrected chi connectivity index (χ0v) is 29.2. The Morgan fingerprint density at radius 3 is 1.71 bits per heavy atom. The van der Waals surface area contributed by atoms with Crippen molar-refractivity contribution in [3.63, 3.8) is 0 Å². The number of carboxylic acids is 1. The first-order chi connectivity index (χ1) is 22.8. The second kappa shape index (κ2) is 22.9. The number of aliphatic carboxylic acids is 1. The summed E-state index contributed by atoms with van der Waals surface area (Å²) < 4.78 is 0. The third-order valence-corrected chi connectivity index (χ3v) is 6.90. The molecular formula is C30H56N10O9.